The van der Waals surface area contributed by atoms with Gasteiger partial charge in [0.15, 0.2) is 5.13 Å². The number of carbonyl (C=O) groups excluding carboxylic acids is 1. The molecule has 0 aliphatic carbocycles. The van der Waals surface area contributed by atoms with Gasteiger partial charge in [-0.3, -0.25) is 4.79 Å². The minimum atomic E-state index is -1.03. The Labute approximate surface area is 96.5 Å². The highest BCUT2D eigenvalue weighted by molar-refractivity contribution is 7.13. The molecule has 0 radical (unpaired) electrons. The maximum Gasteiger partial charge on any atom is 0.326 e. The monoisotopic (exact) mass is 243 g/mol. The van der Waals surface area contributed by atoms with Crippen LogP contribution in [0.2, 0.25) is 0 Å². The van der Waals surface area contributed by atoms with Gasteiger partial charge in [0.25, 0.3) is 0 Å². The lowest BCUT2D eigenvalue weighted by Gasteiger charge is -2.11. The molecule has 0 fully saturated rings. The lowest BCUT2D eigenvalue weighted by atomic mass is 10.2. The third-order valence-electron chi connectivity index (χ3n) is 1.95. The molecule has 1 amide bonds. The second-order valence-electron chi connectivity index (χ2n) is 3.22. The van der Waals surface area contributed by atoms with Gasteiger partial charge in [-0.15, -0.1) is 11.3 Å². The number of amides is 1. The van der Waals surface area contributed by atoms with Crippen molar-refractivity contribution in [1.29, 1.82) is 0 Å². The maximum absolute atomic E-state index is 11.4. The summed E-state index contributed by atoms with van der Waals surface area (Å²) in [5, 5.41) is 13.2. The number of hydrogen-bond donors (Lipinski definition) is 3. The summed E-state index contributed by atoms with van der Waals surface area (Å²) in [6.07, 6.45) is 0.401. The normalized spacial score (nSPS) is 12.1. The highest BCUT2D eigenvalue weighted by Crippen LogP contribution is 2.11. The molecule has 0 aliphatic heterocycles. The number of aromatic nitrogens is 1. The molecule has 16 heavy (non-hydrogen) atoms. The van der Waals surface area contributed by atoms with Crippen LogP contribution in [0.1, 0.15) is 19.0 Å². The first-order valence-corrected chi connectivity index (χ1v) is 5.63. The number of anilines is 1. The first kappa shape index (κ1) is 12.4. The topological polar surface area (TPSA) is 105 Å². The van der Waals surface area contributed by atoms with Crippen LogP contribution in [-0.2, 0) is 16.0 Å². The Morgan fingerprint density at radius 2 is 2.38 bits per heavy atom. The number of carboxylic acids is 1. The summed E-state index contributed by atoms with van der Waals surface area (Å²) in [5.41, 5.74) is 5.97. The first-order chi connectivity index (χ1) is 7.52. The number of thiazole rings is 1. The van der Waals surface area contributed by atoms with Gasteiger partial charge in [0, 0.05) is 5.38 Å². The van der Waals surface area contributed by atoms with Gasteiger partial charge in [-0.1, -0.05) is 6.92 Å². The van der Waals surface area contributed by atoms with Crippen molar-refractivity contribution in [3.05, 3.63) is 11.1 Å². The zero-order valence-corrected chi connectivity index (χ0v) is 9.58. The number of carboxylic acid groups (broad SMARTS) is 1. The molecule has 6 nitrogen and oxygen atoms in total. The molecule has 4 N–H and O–H groups in total. The van der Waals surface area contributed by atoms with Gasteiger partial charge in [-0.25, -0.2) is 9.78 Å². The van der Waals surface area contributed by atoms with E-state index in [0.717, 1.165) is 0 Å². The molecule has 1 rings (SSSR count). The number of hydrogen-bond acceptors (Lipinski definition) is 5. The Hall–Kier alpha value is -1.63. The molecule has 88 valence electrons. The highest BCUT2D eigenvalue weighted by Gasteiger charge is 2.17. The van der Waals surface area contributed by atoms with Crippen LogP contribution in [0, 0.1) is 0 Å². The number of carbonyl (C=O) groups is 2. The van der Waals surface area contributed by atoms with Crippen LogP contribution in [0.3, 0.4) is 0 Å². The summed E-state index contributed by atoms with van der Waals surface area (Å²) < 4.78 is 0. The molecular formula is C9H13N3O3S. The van der Waals surface area contributed by atoms with Crippen molar-refractivity contribution in [2.75, 3.05) is 5.73 Å². The van der Waals surface area contributed by atoms with Crippen LogP contribution in [-0.4, -0.2) is 28.0 Å². The fourth-order valence-electron chi connectivity index (χ4n) is 1.15. The molecule has 1 heterocycles. The molecule has 1 atom stereocenters. The molecule has 0 aliphatic rings. The van der Waals surface area contributed by atoms with E-state index in [2.05, 4.69) is 10.3 Å². The summed E-state index contributed by atoms with van der Waals surface area (Å²) in [5.74, 6) is -1.40. The van der Waals surface area contributed by atoms with Gasteiger partial charge in [0.1, 0.15) is 6.04 Å². The van der Waals surface area contributed by atoms with E-state index in [0.29, 0.717) is 17.2 Å². The van der Waals surface area contributed by atoms with Crippen LogP contribution in [0.25, 0.3) is 0 Å². The van der Waals surface area contributed by atoms with Crippen LogP contribution in [0.4, 0.5) is 5.13 Å². The minimum absolute atomic E-state index is 0.0531. The fraction of sp³-hybridized carbons (Fsp3) is 0.444. The Balaban J connectivity index is 2.50. The standard InChI is InChI=1S/C9H13N3O3S/c1-2-6(8(14)15)12-7(13)3-5-4-16-9(10)11-5/h4,6H,2-3H2,1H3,(H2,10,11)(H,12,13)(H,14,15)/t6-/m1/s1. The zero-order chi connectivity index (χ0) is 12.1. The van der Waals surface area contributed by atoms with E-state index in [9.17, 15) is 9.59 Å². The Bertz CT molecular complexity index is 391. The van der Waals surface area contributed by atoms with Gasteiger partial charge in [0.2, 0.25) is 5.91 Å². The average Bonchev–Trinajstić information content (AvgIpc) is 2.60. The third kappa shape index (κ3) is 3.50. The van der Waals surface area contributed by atoms with Crippen molar-refractivity contribution in [3.63, 3.8) is 0 Å². The van der Waals surface area contributed by atoms with E-state index >= 15 is 0 Å². The van der Waals surface area contributed by atoms with Gasteiger partial charge in [-0.2, -0.15) is 0 Å². The molecular weight excluding hydrogens is 230 g/mol. The predicted molar refractivity (Wildman–Crippen MR) is 60.1 cm³/mol. The van der Waals surface area contributed by atoms with E-state index in [1.165, 1.54) is 11.3 Å². The third-order valence-corrected chi connectivity index (χ3v) is 2.68. The van der Waals surface area contributed by atoms with Crippen molar-refractivity contribution in [3.8, 4) is 0 Å². The van der Waals surface area contributed by atoms with E-state index in [-0.39, 0.29) is 12.3 Å². The fourth-order valence-corrected chi connectivity index (χ4v) is 1.71. The molecule has 1 aromatic rings. The van der Waals surface area contributed by atoms with E-state index in [4.69, 9.17) is 10.8 Å². The van der Waals surface area contributed by atoms with Crippen molar-refractivity contribution >= 4 is 28.3 Å². The SMILES string of the molecule is CC[C@@H](NC(=O)Cc1csc(N)n1)C(=O)O. The van der Waals surface area contributed by atoms with Crippen molar-refractivity contribution in [2.45, 2.75) is 25.8 Å². The number of nitrogen functional groups attached to an aromatic ring is 1. The highest BCUT2D eigenvalue weighted by atomic mass is 32.1. The smallest absolute Gasteiger partial charge is 0.326 e. The maximum atomic E-state index is 11.4. The summed E-state index contributed by atoms with van der Waals surface area (Å²) in [6.45, 7) is 1.69. The van der Waals surface area contributed by atoms with Crippen molar-refractivity contribution < 1.29 is 14.7 Å². The predicted octanol–water partition coefficient (Wildman–Crippen LogP) is 0.247. The first-order valence-electron chi connectivity index (χ1n) is 4.75. The molecule has 0 spiro atoms. The van der Waals surface area contributed by atoms with Crippen LogP contribution >= 0.6 is 11.3 Å². The second kappa shape index (κ2) is 5.45. The van der Waals surface area contributed by atoms with Gasteiger partial charge in [0.05, 0.1) is 12.1 Å². The molecule has 0 aromatic carbocycles. The van der Waals surface area contributed by atoms with Crippen molar-refractivity contribution in [2.24, 2.45) is 0 Å². The number of nitrogens with one attached hydrogen (secondary N) is 1. The number of rotatable bonds is 5. The Morgan fingerprint density at radius 3 is 2.81 bits per heavy atom. The molecule has 0 bridgehead atoms. The molecule has 0 unspecified atom stereocenters. The van der Waals surface area contributed by atoms with Crippen LogP contribution in [0.5, 0.6) is 0 Å². The lowest BCUT2D eigenvalue weighted by Crippen LogP contribution is -2.41. The van der Waals surface area contributed by atoms with Gasteiger partial charge >= 0.3 is 5.97 Å². The summed E-state index contributed by atoms with van der Waals surface area (Å²) >= 11 is 1.25. The molecule has 1 aromatic heterocycles. The Kier molecular flexibility index (Phi) is 4.24. The second-order valence-corrected chi connectivity index (χ2v) is 4.11. The average molecular weight is 243 g/mol. The van der Waals surface area contributed by atoms with Gasteiger partial charge < -0.3 is 16.2 Å². The van der Waals surface area contributed by atoms with E-state index < -0.39 is 12.0 Å². The summed E-state index contributed by atoms with van der Waals surface area (Å²) in [7, 11) is 0. The zero-order valence-electron chi connectivity index (χ0n) is 8.77. The number of nitrogens with zero attached hydrogens (tertiary/aromatic N) is 1. The number of nitrogens with two attached hydrogens (primary N) is 1. The molecule has 0 saturated heterocycles. The minimum Gasteiger partial charge on any atom is -0.480 e. The molecule has 7 heteroatoms. The number of aliphatic carboxylic acids is 1. The van der Waals surface area contributed by atoms with Crippen molar-refractivity contribution in [1.82, 2.24) is 10.3 Å². The largest absolute Gasteiger partial charge is 0.480 e. The summed E-state index contributed by atoms with van der Waals surface area (Å²) in [4.78, 5) is 26.0. The quantitative estimate of drug-likeness (QED) is 0.687. The van der Waals surface area contributed by atoms with Crippen LogP contribution in [0.15, 0.2) is 5.38 Å². The Morgan fingerprint density at radius 1 is 1.69 bits per heavy atom. The van der Waals surface area contributed by atoms with Gasteiger partial charge in [-0.05, 0) is 6.42 Å². The van der Waals surface area contributed by atoms with E-state index in [1.54, 1.807) is 12.3 Å². The van der Waals surface area contributed by atoms with Crippen LogP contribution < -0.4 is 11.1 Å². The lowest BCUT2D eigenvalue weighted by molar-refractivity contribution is -0.141. The summed E-state index contributed by atoms with van der Waals surface area (Å²) in [6, 6.07) is -0.844. The molecule has 0 saturated carbocycles. The van der Waals surface area contributed by atoms with E-state index in [1.807, 2.05) is 0 Å².